The third-order valence-corrected chi connectivity index (χ3v) is 7.81. The topological polar surface area (TPSA) is 79.4 Å². The van der Waals surface area contributed by atoms with Crippen LogP contribution < -0.4 is 5.32 Å². The number of thiazole rings is 1. The third-order valence-electron chi connectivity index (χ3n) is 5.24. The molecule has 0 unspecified atom stereocenters. The van der Waals surface area contributed by atoms with E-state index in [-0.39, 0.29) is 15.2 Å². The fourth-order valence-corrected chi connectivity index (χ4v) is 5.50. The van der Waals surface area contributed by atoms with Crippen LogP contribution in [0.5, 0.6) is 0 Å². The van der Waals surface area contributed by atoms with Crippen molar-refractivity contribution in [2.24, 2.45) is 0 Å². The van der Waals surface area contributed by atoms with Crippen molar-refractivity contribution < 1.29 is 17.7 Å². The first-order valence-electron chi connectivity index (χ1n) is 10.4. The second kappa shape index (κ2) is 9.84. The number of ketones is 1. The van der Waals surface area contributed by atoms with Crippen molar-refractivity contribution >= 4 is 38.0 Å². The minimum atomic E-state index is -4.28. The van der Waals surface area contributed by atoms with Gasteiger partial charge in [-0.3, -0.25) is 4.79 Å². The molecule has 0 atom stereocenters. The maximum absolute atomic E-state index is 14.8. The fourth-order valence-electron chi connectivity index (χ4n) is 3.45. The van der Waals surface area contributed by atoms with Gasteiger partial charge in [0, 0.05) is 11.3 Å². The normalized spacial score (nSPS) is 11.5. The molecule has 1 aromatic heterocycles. The molecule has 0 amide bonds. The summed E-state index contributed by atoms with van der Waals surface area (Å²) >= 11 is 1.21. The largest absolute Gasteiger partial charge is 0.332 e. The zero-order valence-corrected chi connectivity index (χ0v) is 20.2. The van der Waals surface area contributed by atoms with Crippen molar-refractivity contribution in [3.63, 3.8) is 0 Å². The smallest absolute Gasteiger partial charge is 0.269 e. The van der Waals surface area contributed by atoms with Crippen molar-refractivity contribution in [1.82, 2.24) is 9.51 Å². The van der Waals surface area contributed by atoms with E-state index < -0.39 is 16.6 Å². The molecule has 174 valence electrons. The summed E-state index contributed by atoms with van der Waals surface area (Å²) in [5.74, 6) is -0.105. The molecule has 9 heteroatoms. The monoisotopic (exact) mass is 495 g/mol. The number of hydrogen-bond acceptors (Lipinski definition) is 6. The summed E-state index contributed by atoms with van der Waals surface area (Å²) in [5, 5.41) is 3.60. The van der Waals surface area contributed by atoms with Crippen LogP contribution in [0.2, 0.25) is 0 Å². The average molecular weight is 496 g/mol. The van der Waals surface area contributed by atoms with Crippen molar-refractivity contribution in [3.05, 3.63) is 106 Å². The van der Waals surface area contributed by atoms with E-state index in [1.165, 1.54) is 23.6 Å². The van der Waals surface area contributed by atoms with E-state index in [2.05, 4.69) is 10.3 Å². The Morgan fingerprint density at radius 1 is 1.00 bits per heavy atom. The van der Waals surface area contributed by atoms with Gasteiger partial charge in [0.1, 0.15) is 0 Å². The van der Waals surface area contributed by atoms with Crippen LogP contribution in [0.15, 0.2) is 83.9 Å². The Morgan fingerprint density at radius 2 is 1.71 bits per heavy atom. The Hall–Kier alpha value is -3.40. The minimum Gasteiger partial charge on any atom is -0.332 e. The van der Waals surface area contributed by atoms with Crippen molar-refractivity contribution in [1.29, 1.82) is 0 Å². The van der Waals surface area contributed by atoms with Crippen molar-refractivity contribution in [2.45, 2.75) is 25.3 Å². The lowest BCUT2D eigenvalue weighted by Crippen LogP contribution is -2.23. The molecule has 1 heterocycles. The molecule has 0 saturated carbocycles. The van der Waals surface area contributed by atoms with E-state index in [1.54, 1.807) is 55.5 Å². The van der Waals surface area contributed by atoms with Crippen LogP contribution in [-0.4, -0.2) is 23.7 Å². The number of aromatic nitrogens is 1. The molecule has 6 nitrogen and oxygen atoms in total. The Balaban J connectivity index is 1.48. The van der Waals surface area contributed by atoms with Gasteiger partial charge in [-0.25, -0.2) is 13.4 Å². The number of carbonyl (C=O) groups is 1. The minimum absolute atomic E-state index is 0.0691. The molecule has 4 aromatic rings. The van der Waals surface area contributed by atoms with Gasteiger partial charge in [-0.1, -0.05) is 65.9 Å². The van der Waals surface area contributed by atoms with Crippen LogP contribution in [0.25, 0.3) is 0 Å². The Kier molecular flexibility index (Phi) is 6.87. The number of nitrogens with zero attached hydrogens (tertiary/aromatic N) is 2. The highest BCUT2D eigenvalue weighted by atomic mass is 32.2. The molecular formula is C25H22FN3O3S2. The zero-order chi connectivity index (χ0) is 24.3. The van der Waals surface area contributed by atoms with Gasteiger partial charge in [0.05, 0.1) is 22.5 Å². The lowest BCUT2D eigenvalue weighted by atomic mass is 10.0. The first kappa shape index (κ1) is 23.7. The summed E-state index contributed by atoms with van der Waals surface area (Å²) in [6.07, 6.45) is 1.52. The Labute approximate surface area is 201 Å². The predicted molar refractivity (Wildman–Crippen MR) is 131 cm³/mol. The molecule has 0 aliphatic carbocycles. The SMILES string of the molecule is Cc1ccccc1C(=O)c1cnc(Nc2cccc(CN(F)S(=O)(=O)c3ccccc3C)c2)s1. The molecule has 3 aromatic carbocycles. The highest BCUT2D eigenvalue weighted by molar-refractivity contribution is 7.89. The second-order valence-electron chi connectivity index (χ2n) is 7.72. The quantitative estimate of drug-likeness (QED) is 0.247. The molecule has 0 saturated heterocycles. The van der Waals surface area contributed by atoms with E-state index >= 15 is 0 Å². The zero-order valence-electron chi connectivity index (χ0n) is 18.5. The maximum Gasteiger partial charge on any atom is 0.269 e. The van der Waals surface area contributed by atoms with Crippen LogP contribution in [-0.2, 0) is 16.6 Å². The van der Waals surface area contributed by atoms with Crippen LogP contribution in [0.4, 0.5) is 15.3 Å². The molecule has 4 rings (SSSR count). The van der Waals surface area contributed by atoms with Gasteiger partial charge in [0.15, 0.2) is 5.13 Å². The summed E-state index contributed by atoms with van der Waals surface area (Å²) in [6.45, 7) is 3.06. The number of benzene rings is 3. The Bertz CT molecular complexity index is 1450. The first-order valence-corrected chi connectivity index (χ1v) is 12.7. The summed E-state index contributed by atoms with van der Waals surface area (Å²) in [6, 6.07) is 20.4. The predicted octanol–water partition coefficient (Wildman–Crippen LogP) is 5.81. The fraction of sp³-hybridized carbons (Fsp3) is 0.120. The van der Waals surface area contributed by atoms with Gasteiger partial charge in [0.2, 0.25) is 5.78 Å². The van der Waals surface area contributed by atoms with Gasteiger partial charge >= 0.3 is 0 Å². The summed E-state index contributed by atoms with van der Waals surface area (Å²) in [4.78, 5) is 17.5. The summed E-state index contributed by atoms with van der Waals surface area (Å²) < 4.78 is 39.9. The maximum atomic E-state index is 14.8. The molecular weight excluding hydrogens is 473 g/mol. The van der Waals surface area contributed by atoms with Crippen LogP contribution in [0, 0.1) is 13.8 Å². The summed E-state index contributed by atoms with van der Waals surface area (Å²) in [7, 11) is -4.28. The Morgan fingerprint density at radius 3 is 2.44 bits per heavy atom. The van der Waals surface area contributed by atoms with Gasteiger partial charge in [-0.05, 0) is 53.3 Å². The second-order valence-corrected chi connectivity index (χ2v) is 10.5. The average Bonchev–Trinajstić information content (AvgIpc) is 3.28. The molecule has 0 fully saturated rings. The van der Waals surface area contributed by atoms with Crippen molar-refractivity contribution in [3.8, 4) is 0 Å². The number of anilines is 2. The van der Waals surface area contributed by atoms with E-state index in [9.17, 15) is 17.7 Å². The third kappa shape index (κ3) is 5.06. The highest BCUT2D eigenvalue weighted by Crippen LogP contribution is 2.27. The van der Waals surface area contributed by atoms with Gasteiger partial charge in [-0.2, -0.15) is 0 Å². The van der Waals surface area contributed by atoms with Gasteiger partial charge in [-0.15, -0.1) is 4.48 Å². The van der Waals surface area contributed by atoms with Crippen LogP contribution in [0.3, 0.4) is 0 Å². The molecule has 0 radical (unpaired) electrons. The van der Waals surface area contributed by atoms with E-state index in [0.717, 1.165) is 5.56 Å². The van der Waals surface area contributed by atoms with Crippen LogP contribution in [0.1, 0.15) is 31.9 Å². The van der Waals surface area contributed by atoms with Gasteiger partial charge in [0.25, 0.3) is 10.0 Å². The lowest BCUT2D eigenvalue weighted by Gasteiger charge is -2.15. The number of aryl methyl sites for hydroxylation is 2. The molecule has 34 heavy (non-hydrogen) atoms. The summed E-state index contributed by atoms with van der Waals surface area (Å²) in [5.41, 5.74) is 3.04. The van der Waals surface area contributed by atoms with E-state index in [4.69, 9.17) is 0 Å². The first-order chi connectivity index (χ1) is 16.3. The standard InChI is InChI=1S/C25H22FN3O3S2/c1-17-8-3-5-12-21(17)24(30)22-15-27-25(33-22)28-20-11-7-10-19(14-20)16-29(26)34(31,32)23-13-6-4-9-18(23)2/h3-15H,16H2,1-2H3,(H,27,28). The number of rotatable bonds is 8. The van der Waals surface area contributed by atoms with Gasteiger partial charge < -0.3 is 5.32 Å². The number of nitrogens with one attached hydrogen (secondary N) is 1. The van der Waals surface area contributed by atoms with E-state index in [0.29, 0.717) is 32.4 Å². The van der Waals surface area contributed by atoms with Crippen molar-refractivity contribution in [2.75, 3.05) is 5.32 Å². The van der Waals surface area contributed by atoms with E-state index in [1.807, 2.05) is 25.1 Å². The number of halogens is 1. The highest BCUT2D eigenvalue weighted by Gasteiger charge is 2.26. The molecule has 0 aliphatic rings. The number of sulfonamides is 1. The lowest BCUT2D eigenvalue weighted by molar-refractivity contribution is 0.104. The van der Waals surface area contributed by atoms with Crippen LogP contribution >= 0.6 is 11.3 Å². The molecule has 0 aliphatic heterocycles. The number of hydrogen-bond donors (Lipinski definition) is 1. The number of carbonyl (C=O) groups excluding carboxylic acids is 1. The molecule has 0 spiro atoms. The molecule has 0 bridgehead atoms. The molecule has 1 N–H and O–H groups in total.